The molecule has 17 heavy (non-hydrogen) atoms. The molecule has 1 N–H and O–H groups in total. The average Bonchev–Trinajstić information content (AvgIpc) is 2.84. The third-order valence-electron chi connectivity index (χ3n) is 2.96. The van der Waals surface area contributed by atoms with Gasteiger partial charge in [-0.05, 0) is 31.9 Å². The molecule has 1 atom stereocenters. The van der Waals surface area contributed by atoms with E-state index in [4.69, 9.17) is 9.47 Å². The second-order valence-electron chi connectivity index (χ2n) is 4.50. The Kier molecular flexibility index (Phi) is 4.83. The van der Waals surface area contributed by atoms with Crippen LogP contribution in [0.1, 0.15) is 18.4 Å². The predicted molar refractivity (Wildman–Crippen MR) is 68.5 cm³/mol. The van der Waals surface area contributed by atoms with Gasteiger partial charge in [-0.25, -0.2) is 0 Å². The highest BCUT2D eigenvalue weighted by Gasteiger charge is 2.14. The molecule has 1 aromatic carbocycles. The van der Waals surface area contributed by atoms with Gasteiger partial charge in [0.1, 0.15) is 12.4 Å². The summed E-state index contributed by atoms with van der Waals surface area (Å²) < 4.78 is 11.2. The Bertz CT molecular complexity index is 317. The first-order valence-electron chi connectivity index (χ1n) is 6.36. The molecule has 1 saturated heterocycles. The van der Waals surface area contributed by atoms with Gasteiger partial charge in [0, 0.05) is 19.7 Å². The molecule has 0 amide bonds. The number of hydrogen-bond acceptors (Lipinski definition) is 3. The number of nitrogens with one attached hydrogen (secondary N) is 1. The van der Waals surface area contributed by atoms with Crippen molar-refractivity contribution in [2.45, 2.75) is 25.9 Å². The topological polar surface area (TPSA) is 30.5 Å². The Morgan fingerprint density at radius 2 is 2.18 bits per heavy atom. The van der Waals surface area contributed by atoms with Gasteiger partial charge in [-0.3, -0.25) is 0 Å². The van der Waals surface area contributed by atoms with Gasteiger partial charge in [0.2, 0.25) is 0 Å². The van der Waals surface area contributed by atoms with Gasteiger partial charge in [0.25, 0.3) is 0 Å². The zero-order chi connectivity index (χ0) is 11.9. The highest BCUT2D eigenvalue weighted by Crippen LogP contribution is 2.11. The number of ether oxygens (including phenoxy) is 2. The first kappa shape index (κ1) is 12.4. The lowest BCUT2D eigenvalue weighted by Gasteiger charge is -2.11. The van der Waals surface area contributed by atoms with Crippen LogP contribution in [0.2, 0.25) is 0 Å². The van der Waals surface area contributed by atoms with Gasteiger partial charge in [-0.15, -0.1) is 0 Å². The molecule has 0 spiro atoms. The summed E-state index contributed by atoms with van der Waals surface area (Å²) in [5.41, 5.74) is 1.26. The summed E-state index contributed by atoms with van der Waals surface area (Å²) in [5.74, 6) is 0.939. The largest absolute Gasteiger partial charge is 0.492 e. The first-order valence-corrected chi connectivity index (χ1v) is 6.36. The normalized spacial score (nSPS) is 19.5. The predicted octanol–water partition coefficient (Wildman–Crippen LogP) is 2.14. The molecular formula is C14H21NO2. The van der Waals surface area contributed by atoms with E-state index >= 15 is 0 Å². The number of benzene rings is 1. The van der Waals surface area contributed by atoms with Gasteiger partial charge in [-0.2, -0.15) is 0 Å². The van der Waals surface area contributed by atoms with E-state index in [0.29, 0.717) is 12.7 Å². The van der Waals surface area contributed by atoms with Gasteiger partial charge < -0.3 is 14.8 Å². The summed E-state index contributed by atoms with van der Waals surface area (Å²) >= 11 is 0. The summed E-state index contributed by atoms with van der Waals surface area (Å²) in [7, 11) is 0. The molecule has 0 saturated carbocycles. The van der Waals surface area contributed by atoms with Gasteiger partial charge in [0.05, 0.1) is 6.10 Å². The van der Waals surface area contributed by atoms with Crippen LogP contribution in [0, 0.1) is 6.92 Å². The number of hydrogen-bond donors (Lipinski definition) is 1. The molecule has 0 bridgehead atoms. The van der Waals surface area contributed by atoms with Crippen LogP contribution >= 0.6 is 0 Å². The lowest BCUT2D eigenvalue weighted by molar-refractivity contribution is 0.109. The molecular weight excluding hydrogens is 214 g/mol. The Balaban J connectivity index is 1.55. The molecule has 2 rings (SSSR count). The van der Waals surface area contributed by atoms with Crippen molar-refractivity contribution in [3.8, 4) is 5.75 Å². The van der Waals surface area contributed by atoms with E-state index in [9.17, 15) is 0 Å². The van der Waals surface area contributed by atoms with Crippen molar-refractivity contribution in [1.82, 2.24) is 5.32 Å². The third-order valence-corrected chi connectivity index (χ3v) is 2.96. The first-order chi connectivity index (χ1) is 8.34. The van der Waals surface area contributed by atoms with Gasteiger partial charge in [-0.1, -0.05) is 17.7 Å². The molecule has 1 aliphatic heterocycles. The van der Waals surface area contributed by atoms with E-state index in [0.717, 1.165) is 25.4 Å². The molecule has 0 radical (unpaired) electrons. The maximum absolute atomic E-state index is 5.62. The standard InChI is InChI=1S/C14H21NO2/c1-12-4-6-13(7-5-12)17-10-8-15-11-14-3-2-9-16-14/h4-7,14-15H,2-3,8-11H2,1H3. The van der Waals surface area contributed by atoms with Crippen LogP contribution in [0.4, 0.5) is 0 Å². The van der Waals surface area contributed by atoms with E-state index < -0.39 is 0 Å². The zero-order valence-corrected chi connectivity index (χ0v) is 10.4. The van der Waals surface area contributed by atoms with Crippen LogP contribution in [0.15, 0.2) is 24.3 Å². The van der Waals surface area contributed by atoms with E-state index in [2.05, 4.69) is 24.4 Å². The van der Waals surface area contributed by atoms with E-state index in [-0.39, 0.29) is 0 Å². The van der Waals surface area contributed by atoms with Crippen molar-refractivity contribution in [3.63, 3.8) is 0 Å². The Morgan fingerprint density at radius 3 is 2.88 bits per heavy atom. The van der Waals surface area contributed by atoms with Crippen LogP contribution in [0.25, 0.3) is 0 Å². The molecule has 94 valence electrons. The van der Waals surface area contributed by atoms with Crippen LogP contribution < -0.4 is 10.1 Å². The summed E-state index contributed by atoms with van der Waals surface area (Å²) in [6.07, 6.45) is 2.80. The summed E-state index contributed by atoms with van der Waals surface area (Å²) in [5, 5.41) is 3.36. The van der Waals surface area contributed by atoms with Gasteiger partial charge >= 0.3 is 0 Å². The van der Waals surface area contributed by atoms with Crippen LogP contribution in [-0.2, 0) is 4.74 Å². The van der Waals surface area contributed by atoms with Crippen LogP contribution in [-0.4, -0.2) is 32.4 Å². The SMILES string of the molecule is Cc1ccc(OCCNCC2CCCO2)cc1. The van der Waals surface area contributed by atoms with Crippen molar-refractivity contribution < 1.29 is 9.47 Å². The average molecular weight is 235 g/mol. The quantitative estimate of drug-likeness (QED) is 0.766. The van der Waals surface area contributed by atoms with Crippen LogP contribution in [0.5, 0.6) is 5.75 Å². The fourth-order valence-electron chi connectivity index (χ4n) is 1.94. The van der Waals surface area contributed by atoms with Gasteiger partial charge in [0.15, 0.2) is 0 Å². The molecule has 1 aromatic rings. The monoisotopic (exact) mass is 235 g/mol. The lowest BCUT2D eigenvalue weighted by atomic mass is 10.2. The highest BCUT2D eigenvalue weighted by molar-refractivity contribution is 5.26. The van der Waals surface area contributed by atoms with Crippen LogP contribution in [0.3, 0.4) is 0 Å². The molecule has 0 aromatic heterocycles. The van der Waals surface area contributed by atoms with Crippen molar-refractivity contribution in [2.24, 2.45) is 0 Å². The van der Waals surface area contributed by atoms with Crippen molar-refractivity contribution >= 4 is 0 Å². The molecule has 1 aliphatic rings. The maximum Gasteiger partial charge on any atom is 0.119 e. The molecule has 3 heteroatoms. The Morgan fingerprint density at radius 1 is 1.35 bits per heavy atom. The second-order valence-corrected chi connectivity index (χ2v) is 4.50. The highest BCUT2D eigenvalue weighted by atomic mass is 16.5. The molecule has 1 heterocycles. The third kappa shape index (κ3) is 4.36. The Labute approximate surface area is 103 Å². The second kappa shape index (κ2) is 6.62. The minimum absolute atomic E-state index is 0.411. The summed E-state index contributed by atoms with van der Waals surface area (Å²) in [6, 6.07) is 8.15. The van der Waals surface area contributed by atoms with E-state index in [1.165, 1.54) is 18.4 Å². The molecule has 1 unspecified atom stereocenters. The lowest BCUT2D eigenvalue weighted by Crippen LogP contribution is -2.29. The number of aryl methyl sites for hydroxylation is 1. The summed E-state index contributed by atoms with van der Waals surface area (Å²) in [6.45, 7) is 5.51. The van der Waals surface area contributed by atoms with E-state index in [1.807, 2.05) is 12.1 Å². The summed E-state index contributed by atoms with van der Waals surface area (Å²) in [4.78, 5) is 0. The van der Waals surface area contributed by atoms with E-state index in [1.54, 1.807) is 0 Å². The fraction of sp³-hybridized carbons (Fsp3) is 0.571. The minimum atomic E-state index is 0.411. The Hall–Kier alpha value is -1.06. The number of rotatable bonds is 6. The van der Waals surface area contributed by atoms with Crippen molar-refractivity contribution in [2.75, 3.05) is 26.3 Å². The smallest absolute Gasteiger partial charge is 0.119 e. The minimum Gasteiger partial charge on any atom is -0.492 e. The molecule has 1 fully saturated rings. The fourth-order valence-corrected chi connectivity index (χ4v) is 1.94. The zero-order valence-electron chi connectivity index (χ0n) is 10.4. The molecule has 0 aliphatic carbocycles. The molecule has 3 nitrogen and oxygen atoms in total. The van der Waals surface area contributed by atoms with Crippen molar-refractivity contribution in [3.05, 3.63) is 29.8 Å². The van der Waals surface area contributed by atoms with Crippen molar-refractivity contribution in [1.29, 1.82) is 0 Å². The maximum atomic E-state index is 5.62.